The van der Waals surface area contributed by atoms with Crippen molar-refractivity contribution in [1.82, 2.24) is 0 Å². The van der Waals surface area contributed by atoms with E-state index in [-0.39, 0.29) is 6.10 Å². The molecule has 0 bridgehead atoms. The van der Waals surface area contributed by atoms with Crippen LogP contribution in [0.25, 0.3) is 0 Å². The van der Waals surface area contributed by atoms with E-state index in [0.29, 0.717) is 5.92 Å². The van der Waals surface area contributed by atoms with Crippen LogP contribution in [0, 0.1) is 5.92 Å². The molecule has 24 heavy (non-hydrogen) atoms. The zero-order chi connectivity index (χ0) is 17.4. The van der Waals surface area contributed by atoms with Crippen molar-refractivity contribution in [2.75, 3.05) is 18.5 Å². The smallest absolute Gasteiger partial charge is 0.119 e. The molecule has 2 rings (SSSR count). The number of nitrogens with one attached hydrogen (secondary N) is 1. The molecule has 0 saturated carbocycles. The fourth-order valence-electron chi connectivity index (χ4n) is 2.27. The summed E-state index contributed by atoms with van der Waals surface area (Å²) in [5.41, 5.74) is 2.40. The summed E-state index contributed by atoms with van der Waals surface area (Å²) in [6.07, 6.45) is 1.14. The van der Waals surface area contributed by atoms with E-state index < -0.39 is 0 Å². The summed E-state index contributed by atoms with van der Waals surface area (Å²) in [4.78, 5) is 0. The summed E-state index contributed by atoms with van der Waals surface area (Å²) < 4.78 is 11.6. The van der Waals surface area contributed by atoms with Crippen LogP contribution in [0.4, 0.5) is 5.69 Å². The highest BCUT2D eigenvalue weighted by Crippen LogP contribution is 2.17. The van der Waals surface area contributed by atoms with Crippen LogP contribution in [0.5, 0.6) is 11.5 Å². The Bertz CT molecular complexity index is 590. The van der Waals surface area contributed by atoms with Gasteiger partial charge in [-0.25, -0.2) is 0 Å². The van der Waals surface area contributed by atoms with Gasteiger partial charge in [0.25, 0.3) is 0 Å². The van der Waals surface area contributed by atoms with Gasteiger partial charge in [0.1, 0.15) is 17.6 Å². The van der Waals surface area contributed by atoms with Crippen molar-refractivity contribution in [3.63, 3.8) is 0 Å². The van der Waals surface area contributed by atoms with E-state index >= 15 is 0 Å². The first-order valence-corrected chi connectivity index (χ1v) is 8.79. The Morgan fingerprint density at radius 1 is 0.875 bits per heavy atom. The Morgan fingerprint density at radius 2 is 1.50 bits per heavy atom. The summed E-state index contributed by atoms with van der Waals surface area (Å²) in [5, 5.41) is 3.40. The maximum atomic E-state index is 5.94. The van der Waals surface area contributed by atoms with Gasteiger partial charge in [-0.05, 0) is 61.2 Å². The number of hydrogen-bond acceptors (Lipinski definition) is 3. The second kappa shape index (κ2) is 9.21. The summed E-state index contributed by atoms with van der Waals surface area (Å²) >= 11 is 0. The molecule has 1 unspecified atom stereocenters. The molecule has 0 aliphatic carbocycles. The Hall–Kier alpha value is -2.16. The summed E-state index contributed by atoms with van der Waals surface area (Å²) in [7, 11) is 0. The first kappa shape index (κ1) is 18.2. The highest BCUT2D eigenvalue weighted by molar-refractivity contribution is 5.46. The van der Waals surface area contributed by atoms with Gasteiger partial charge >= 0.3 is 0 Å². The average molecular weight is 327 g/mol. The lowest BCUT2D eigenvalue weighted by Gasteiger charge is -2.17. The zero-order valence-corrected chi connectivity index (χ0v) is 15.2. The summed E-state index contributed by atoms with van der Waals surface area (Å²) in [6, 6.07) is 16.4. The van der Waals surface area contributed by atoms with Gasteiger partial charge in [0.2, 0.25) is 0 Å². The van der Waals surface area contributed by atoms with Gasteiger partial charge in [0.15, 0.2) is 0 Å². The third-order valence-corrected chi connectivity index (χ3v) is 3.70. The maximum absolute atomic E-state index is 5.94. The standard InChI is InChI=1S/C21H29NO2/c1-5-18-6-10-21(11-7-18)24-17(4)14-22-19-8-12-20(13-9-19)23-15-16(2)3/h6-13,16-17,22H,5,14-15H2,1-4H3. The van der Waals surface area contributed by atoms with E-state index in [2.05, 4.69) is 45.1 Å². The minimum Gasteiger partial charge on any atom is -0.493 e. The minimum atomic E-state index is 0.0920. The van der Waals surface area contributed by atoms with Crippen molar-refractivity contribution in [1.29, 1.82) is 0 Å². The summed E-state index contributed by atoms with van der Waals surface area (Å²) in [5.74, 6) is 2.36. The highest BCUT2D eigenvalue weighted by atomic mass is 16.5. The number of benzene rings is 2. The largest absolute Gasteiger partial charge is 0.493 e. The van der Waals surface area contributed by atoms with E-state index in [0.717, 1.165) is 36.8 Å². The molecule has 0 radical (unpaired) electrons. The minimum absolute atomic E-state index is 0.0920. The third-order valence-electron chi connectivity index (χ3n) is 3.70. The molecule has 0 aliphatic rings. The van der Waals surface area contributed by atoms with Crippen LogP contribution in [0.1, 0.15) is 33.3 Å². The van der Waals surface area contributed by atoms with Crippen molar-refractivity contribution in [2.24, 2.45) is 5.92 Å². The molecule has 1 N–H and O–H groups in total. The monoisotopic (exact) mass is 327 g/mol. The molecular weight excluding hydrogens is 298 g/mol. The van der Waals surface area contributed by atoms with Gasteiger partial charge in [-0.2, -0.15) is 0 Å². The lowest BCUT2D eigenvalue weighted by Crippen LogP contribution is -2.22. The molecular formula is C21H29NO2. The molecule has 0 saturated heterocycles. The molecule has 0 heterocycles. The molecule has 0 aromatic heterocycles. The number of ether oxygens (including phenoxy) is 2. The topological polar surface area (TPSA) is 30.5 Å². The number of hydrogen-bond donors (Lipinski definition) is 1. The molecule has 130 valence electrons. The van der Waals surface area contributed by atoms with Gasteiger partial charge in [-0.3, -0.25) is 0 Å². The fourth-order valence-corrected chi connectivity index (χ4v) is 2.27. The molecule has 0 fully saturated rings. The van der Waals surface area contributed by atoms with Gasteiger partial charge in [0.05, 0.1) is 13.2 Å². The molecule has 0 spiro atoms. The van der Waals surface area contributed by atoms with Crippen molar-refractivity contribution < 1.29 is 9.47 Å². The molecule has 0 aliphatic heterocycles. The van der Waals surface area contributed by atoms with Crippen molar-refractivity contribution in [2.45, 2.75) is 40.2 Å². The van der Waals surface area contributed by atoms with Crippen LogP contribution in [-0.2, 0) is 6.42 Å². The van der Waals surface area contributed by atoms with Gasteiger partial charge in [-0.15, -0.1) is 0 Å². The quantitative estimate of drug-likeness (QED) is 0.690. The van der Waals surface area contributed by atoms with Crippen LogP contribution in [0.3, 0.4) is 0 Å². The molecule has 2 aromatic carbocycles. The van der Waals surface area contributed by atoms with E-state index in [1.807, 2.05) is 36.4 Å². The van der Waals surface area contributed by atoms with Crippen molar-refractivity contribution in [3.05, 3.63) is 54.1 Å². The zero-order valence-electron chi connectivity index (χ0n) is 15.2. The lowest BCUT2D eigenvalue weighted by molar-refractivity contribution is 0.234. The molecule has 0 amide bonds. The van der Waals surface area contributed by atoms with Crippen LogP contribution in [0.15, 0.2) is 48.5 Å². The first-order valence-electron chi connectivity index (χ1n) is 8.79. The predicted molar refractivity (Wildman–Crippen MR) is 101 cm³/mol. The predicted octanol–water partition coefficient (Wildman–Crippen LogP) is 5.16. The van der Waals surface area contributed by atoms with E-state index in [9.17, 15) is 0 Å². The van der Waals surface area contributed by atoms with Gasteiger partial charge < -0.3 is 14.8 Å². The number of rotatable bonds is 9. The van der Waals surface area contributed by atoms with Crippen LogP contribution < -0.4 is 14.8 Å². The van der Waals surface area contributed by atoms with Crippen molar-refractivity contribution in [3.8, 4) is 11.5 Å². The van der Waals surface area contributed by atoms with E-state index in [1.54, 1.807) is 0 Å². The van der Waals surface area contributed by atoms with Crippen LogP contribution in [0.2, 0.25) is 0 Å². The summed E-state index contributed by atoms with van der Waals surface area (Å²) in [6.45, 7) is 10.0. The lowest BCUT2D eigenvalue weighted by atomic mass is 10.2. The normalized spacial score (nSPS) is 12.0. The molecule has 1 atom stereocenters. The number of anilines is 1. The molecule has 3 heteroatoms. The average Bonchev–Trinajstić information content (AvgIpc) is 2.59. The van der Waals surface area contributed by atoms with Gasteiger partial charge in [0, 0.05) is 5.69 Å². The second-order valence-electron chi connectivity index (χ2n) is 6.54. The Morgan fingerprint density at radius 3 is 2.08 bits per heavy atom. The Balaban J connectivity index is 1.77. The number of aryl methyl sites for hydroxylation is 1. The molecule has 3 nitrogen and oxygen atoms in total. The fraction of sp³-hybridized carbons (Fsp3) is 0.429. The third kappa shape index (κ3) is 6.15. The Labute approximate surface area is 146 Å². The molecule has 2 aromatic rings. The van der Waals surface area contributed by atoms with E-state index in [1.165, 1.54) is 5.56 Å². The second-order valence-corrected chi connectivity index (χ2v) is 6.54. The first-order chi connectivity index (χ1) is 11.6. The maximum Gasteiger partial charge on any atom is 0.119 e. The van der Waals surface area contributed by atoms with Crippen LogP contribution >= 0.6 is 0 Å². The van der Waals surface area contributed by atoms with E-state index in [4.69, 9.17) is 9.47 Å². The Kier molecular flexibility index (Phi) is 6.98. The van der Waals surface area contributed by atoms with Gasteiger partial charge in [-0.1, -0.05) is 32.9 Å². The van der Waals surface area contributed by atoms with Crippen LogP contribution in [-0.4, -0.2) is 19.3 Å². The van der Waals surface area contributed by atoms with Crippen molar-refractivity contribution >= 4 is 5.69 Å². The highest BCUT2D eigenvalue weighted by Gasteiger charge is 2.04. The SMILES string of the molecule is CCc1ccc(OC(C)CNc2ccc(OCC(C)C)cc2)cc1.